The molecule has 1 aliphatic heterocycles. The van der Waals surface area contributed by atoms with Crippen molar-refractivity contribution in [2.45, 2.75) is 38.5 Å². The topological polar surface area (TPSA) is 36.1 Å². The van der Waals surface area contributed by atoms with Crippen LogP contribution in [0.3, 0.4) is 0 Å². The third-order valence-electron chi connectivity index (χ3n) is 5.55. The molecular formula is C23H26N2O. The molecule has 1 aromatic heterocycles. The maximum Gasteiger partial charge on any atom is 0.222 e. The van der Waals surface area contributed by atoms with E-state index in [-0.39, 0.29) is 0 Å². The number of nitrogens with one attached hydrogen (secondary N) is 1. The van der Waals surface area contributed by atoms with E-state index in [1.807, 2.05) is 23.1 Å². The summed E-state index contributed by atoms with van der Waals surface area (Å²) >= 11 is 0. The van der Waals surface area contributed by atoms with Gasteiger partial charge < -0.3 is 9.88 Å². The van der Waals surface area contributed by atoms with Crippen LogP contribution in [0, 0.1) is 6.92 Å². The monoisotopic (exact) mass is 346 g/mol. The van der Waals surface area contributed by atoms with Crippen molar-refractivity contribution in [3.05, 3.63) is 71.4 Å². The highest BCUT2D eigenvalue weighted by Crippen LogP contribution is 2.30. The third kappa shape index (κ3) is 3.67. The molecule has 0 radical (unpaired) electrons. The molecule has 0 unspecified atom stereocenters. The first kappa shape index (κ1) is 16.9. The maximum absolute atomic E-state index is 12.5. The van der Waals surface area contributed by atoms with E-state index in [1.54, 1.807) is 0 Å². The van der Waals surface area contributed by atoms with Gasteiger partial charge in [-0.05, 0) is 55.3 Å². The zero-order valence-corrected chi connectivity index (χ0v) is 15.4. The van der Waals surface area contributed by atoms with E-state index in [0.717, 1.165) is 32.4 Å². The summed E-state index contributed by atoms with van der Waals surface area (Å²) in [7, 11) is 0. The average molecular weight is 346 g/mol. The lowest BCUT2D eigenvalue weighted by Crippen LogP contribution is -2.38. The summed E-state index contributed by atoms with van der Waals surface area (Å²) in [5.41, 5.74) is 5.07. The SMILES string of the molecule is Cc1ccc2[nH]c(C3CCN(C(=O)CCc4ccccc4)CC3)cc2c1. The van der Waals surface area contributed by atoms with E-state index >= 15 is 0 Å². The third-order valence-corrected chi connectivity index (χ3v) is 5.55. The van der Waals surface area contributed by atoms with E-state index in [0.29, 0.717) is 18.2 Å². The Morgan fingerprint density at radius 3 is 2.62 bits per heavy atom. The average Bonchev–Trinajstić information content (AvgIpc) is 3.10. The fourth-order valence-electron chi connectivity index (χ4n) is 3.99. The van der Waals surface area contributed by atoms with Crippen molar-refractivity contribution in [3.63, 3.8) is 0 Å². The number of rotatable bonds is 4. The Balaban J connectivity index is 1.33. The van der Waals surface area contributed by atoms with Gasteiger partial charge in [-0.25, -0.2) is 0 Å². The number of aromatic amines is 1. The number of aryl methyl sites for hydroxylation is 2. The van der Waals surface area contributed by atoms with Gasteiger partial charge >= 0.3 is 0 Å². The zero-order valence-electron chi connectivity index (χ0n) is 15.4. The molecule has 0 atom stereocenters. The molecule has 134 valence electrons. The van der Waals surface area contributed by atoms with Crippen LogP contribution >= 0.6 is 0 Å². The molecule has 4 rings (SSSR count). The second-order valence-electron chi connectivity index (χ2n) is 7.46. The van der Waals surface area contributed by atoms with Gasteiger partial charge in [0.05, 0.1) is 0 Å². The van der Waals surface area contributed by atoms with Crippen LogP contribution in [0.4, 0.5) is 0 Å². The van der Waals surface area contributed by atoms with Crippen LogP contribution in [0.25, 0.3) is 10.9 Å². The number of hydrogen-bond acceptors (Lipinski definition) is 1. The van der Waals surface area contributed by atoms with Crippen molar-refractivity contribution in [1.82, 2.24) is 9.88 Å². The number of hydrogen-bond donors (Lipinski definition) is 1. The highest BCUT2D eigenvalue weighted by atomic mass is 16.2. The van der Waals surface area contributed by atoms with E-state index < -0.39 is 0 Å². The number of benzene rings is 2. The van der Waals surface area contributed by atoms with Gasteiger partial charge in [-0.3, -0.25) is 4.79 Å². The van der Waals surface area contributed by atoms with Gasteiger partial charge in [0.2, 0.25) is 5.91 Å². The van der Waals surface area contributed by atoms with Crippen LogP contribution < -0.4 is 0 Å². The second kappa shape index (κ2) is 7.36. The van der Waals surface area contributed by atoms with E-state index in [4.69, 9.17) is 0 Å². The fourth-order valence-corrected chi connectivity index (χ4v) is 3.99. The Kier molecular flexibility index (Phi) is 4.79. The predicted molar refractivity (Wildman–Crippen MR) is 106 cm³/mol. The molecule has 0 bridgehead atoms. The van der Waals surface area contributed by atoms with Gasteiger partial charge in [0.25, 0.3) is 0 Å². The molecule has 1 amide bonds. The second-order valence-corrected chi connectivity index (χ2v) is 7.46. The Morgan fingerprint density at radius 2 is 1.85 bits per heavy atom. The minimum Gasteiger partial charge on any atom is -0.358 e. The predicted octanol–water partition coefficient (Wildman–Crippen LogP) is 4.82. The number of carbonyl (C=O) groups excluding carboxylic acids is 1. The highest BCUT2D eigenvalue weighted by molar-refractivity contribution is 5.81. The molecule has 26 heavy (non-hydrogen) atoms. The molecule has 2 heterocycles. The number of amides is 1. The fraction of sp³-hybridized carbons (Fsp3) is 0.348. The normalized spacial score (nSPS) is 15.5. The minimum absolute atomic E-state index is 0.291. The van der Waals surface area contributed by atoms with E-state index in [9.17, 15) is 4.79 Å². The smallest absolute Gasteiger partial charge is 0.222 e. The van der Waals surface area contributed by atoms with Crippen molar-refractivity contribution >= 4 is 16.8 Å². The van der Waals surface area contributed by atoms with Crippen molar-refractivity contribution in [2.75, 3.05) is 13.1 Å². The van der Waals surface area contributed by atoms with Crippen LogP contribution in [0.1, 0.15) is 42.0 Å². The maximum atomic E-state index is 12.5. The van der Waals surface area contributed by atoms with E-state index in [1.165, 1.54) is 27.7 Å². The Hall–Kier alpha value is -2.55. The molecule has 1 fully saturated rings. The Morgan fingerprint density at radius 1 is 1.08 bits per heavy atom. The van der Waals surface area contributed by atoms with Crippen molar-refractivity contribution in [1.29, 1.82) is 0 Å². The lowest BCUT2D eigenvalue weighted by molar-refractivity contribution is -0.132. The number of likely N-dealkylation sites (tertiary alicyclic amines) is 1. The first-order chi connectivity index (χ1) is 12.7. The first-order valence-electron chi connectivity index (χ1n) is 9.60. The molecule has 0 spiro atoms. The number of nitrogens with zero attached hydrogens (tertiary/aromatic N) is 1. The number of aromatic nitrogens is 1. The van der Waals surface area contributed by atoms with Gasteiger partial charge in [0.1, 0.15) is 0 Å². The number of carbonyl (C=O) groups is 1. The molecule has 0 aliphatic carbocycles. The molecule has 1 saturated heterocycles. The molecule has 2 aromatic carbocycles. The molecule has 1 N–H and O–H groups in total. The van der Waals surface area contributed by atoms with Gasteiger partial charge in [-0.15, -0.1) is 0 Å². The largest absolute Gasteiger partial charge is 0.358 e. The highest BCUT2D eigenvalue weighted by Gasteiger charge is 2.24. The lowest BCUT2D eigenvalue weighted by atomic mass is 9.93. The van der Waals surface area contributed by atoms with Crippen molar-refractivity contribution in [2.24, 2.45) is 0 Å². The van der Waals surface area contributed by atoms with Gasteiger partial charge in [-0.1, -0.05) is 42.0 Å². The van der Waals surface area contributed by atoms with Crippen LogP contribution in [-0.2, 0) is 11.2 Å². The van der Waals surface area contributed by atoms with Crippen LogP contribution in [0.2, 0.25) is 0 Å². The zero-order chi connectivity index (χ0) is 17.9. The van der Waals surface area contributed by atoms with Gasteiger partial charge in [0.15, 0.2) is 0 Å². The van der Waals surface area contributed by atoms with Gasteiger partial charge in [0, 0.05) is 36.6 Å². The first-order valence-corrected chi connectivity index (χ1v) is 9.60. The number of fused-ring (bicyclic) bond motifs is 1. The summed E-state index contributed by atoms with van der Waals surface area (Å²) in [5.74, 6) is 0.820. The summed E-state index contributed by atoms with van der Waals surface area (Å²) < 4.78 is 0. The van der Waals surface area contributed by atoms with Crippen LogP contribution in [-0.4, -0.2) is 28.9 Å². The molecule has 3 aromatic rings. The standard InChI is InChI=1S/C23H26N2O/c1-17-7-9-21-20(15-17)16-22(24-21)19-11-13-25(14-12-19)23(26)10-8-18-5-3-2-4-6-18/h2-7,9,15-16,19,24H,8,10-14H2,1H3. The molecular weight excluding hydrogens is 320 g/mol. The number of piperidine rings is 1. The van der Waals surface area contributed by atoms with Crippen LogP contribution in [0.15, 0.2) is 54.6 Å². The van der Waals surface area contributed by atoms with E-state index in [2.05, 4.69) is 48.3 Å². The van der Waals surface area contributed by atoms with Crippen molar-refractivity contribution < 1.29 is 4.79 Å². The quantitative estimate of drug-likeness (QED) is 0.723. The summed E-state index contributed by atoms with van der Waals surface area (Å²) in [6, 6.07) is 19.1. The lowest BCUT2D eigenvalue weighted by Gasteiger charge is -2.31. The molecule has 3 nitrogen and oxygen atoms in total. The Labute approximate surface area is 155 Å². The summed E-state index contributed by atoms with van der Waals surface area (Å²) in [6.45, 7) is 3.87. The van der Waals surface area contributed by atoms with Crippen molar-refractivity contribution in [3.8, 4) is 0 Å². The molecule has 1 aliphatic rings. The summed E-state index contributed by atoms with van der Waals surface area (Å²) in [6.07, 6.45) is 3.53. The summed E-state index contributed by atoms with van der Waals surface area (Å²) in [4.78, 5) is 18.1. The van der Waals surface area contributed by atoms with Crippen LogP contribution in [0.5, 0.6) is 0 Å². The number of H-pyrrole nitrogens is 1. The molecule has 0 saturated carbocycles. The minimum atomic E-state index is 0.291. The summed E-state index contributed by atoms with van der Waals surface area (Å²) in [5, 5.41) is 1.29. The molecule has 3 heteroatoms. The van der Waals surface area contributed by atoms with Gasteiger partial charge in [-0.2, -0.15) is 0 Å². The Bertz CT molecular complexity index is 889.